The highest BCUT2D eigenvalue weighted by molar-refractivity contribution is 6.31. The van der Waals surface area contributed by atoms with Gasteiger partial charge in [-0.15, -0.1) is 0 Å². The van der Waals surface area contributed by atoms with Gasteiger partial charge in [0, 0.05) is 44.8 Å². The zero-order valence-corrected chi connectivity index (χ0v) is 21.2. The maximum atomic E-state index is 12.1. The number of fused-ring (bicyclic) bond motifs is 2. The van der Waals surface area contributed by atoms with E-state index in [2.05, 4.69) is 20.6 Å². The summed E-state index contributed by atoms with van der Waals surface area (Å²) in [5.74, 6) is -2.39. The summed E-state index contributed by atoms with van der Waals surface area (Å²) >= 11 is 12.1. The van der Waals surface area contributed by atoms with E-state index in [1.807, 2.05) is 36.4 Å². The van der Waals surface area contributed by atoms with E-state index in [0.717, 1.165) is 27.8 Å². The Morgan fingerprint density at radius 3 is 2.34 bits per heavy atom. The summed E-state index contributed by atoms with van der Waals surface area (Å²) < 4.78 is 0. The number of anilines is 3. The van der Waals surface area contributed by atoms with Crippen molar-refractivity contribution in [2.45, 2.75) is 12.5 Å². The topological polar surface area (TPSA) is 124 Å². The van der Waals surface area contributed by atoms with Crippen LogP contribution >= 0.6 is 23.2 Å². The molecule has 190 valence electrons. The molecule has 0 aliphatic carbocycles. The van der Waals surface area contributed by atoms with Gasteiger partial charge in [0.05, 0.1) is 11.0 Å². The molecule has 38 heavy (non-hydrogen) atoms. The van der Waals surface area contributed by atoms with Gasteiger partial charge in [0.25, 0.3) is 0 Å². The molecule has 0 spiro atoms. The molecular formula is C28H20Cl2N4O4. The van der Waals surface area contributed by atoms with Gasteiger partial charge >= 0.3 is 11.9 Å². The van der Waals surface area contributed by atoms with E-state index in [1.54, 1.807) is 36.5 Å². The minimum Gasteiger partial charge on any atom is -0.480 e. The van der Waals surface area contributed by atoms with Gasteiger partial charge in [0.1, 0.15) is 17.4 Å². The molecule has 5 aromatic rings. The van der Waals surface area contributed by atoms with E-state index in [9.17, 15) is 19.8 Å². The summed E-state index contributed by atoms with van der Waals surface area (Å²) in [6.45, 7) is 0. The van der Waals surface area contributed by atoms with Crippen molar-refractivity contribution in [1.29, 1.82) is 0 Å². The van der Waals surface area contributed by atoms with E-state index >= 15 is 0 Å². The maximum Gasteiger partial charge on any atom is 0.339 e. The van der Waals surface area contributed by atoms with Crippen molar-refractivity contribution in [2.24, 2.45) is 0 Å². The number of nitrogens with one attached hydrogen (secondary N) is 2. The second kappa shape index (κ2) is 10.5. The van der Waals surface area contributed by atoms with Gasteiger partial charge in [-0.3, -0.25) is 4.98 Å². The third-order valence-electron chi connectivity index (χ3n) is 5.99. The highest BCUT2D eigenvalue weighted by atomic mass is 35.5. The molecule has 0 fully saturated rings. The van der Waals surface area contributed by atoms with Gasteiger partial charge in [-0.1, -0.05) is 35.3 Å². The SMILES string of the molecule is O=C(O)c1cc2cc(Cl)ccc2nc1NC(Cc1ccc(Nc2ccnc3cc(Cl)ccc23)cc1)C(=O)O. The molecule has 0 saturated heterocycles. The predicted molar refractivity (Wildman–Crippen MR) is 149 cm³/mol. The van der Waals surface area contributed by atoms with Crippen LogP contribution in [0.25, 0.3) is 21.8 Å². The smallest absolute Gasteiger partial charge is 0.339 e. The van der Waals surface area contributed by atoms with Crippen LogP contribution in [0.5, 0.6) is 0 Å². The summed E-state index contributed by atoms with van der Waals surface area (Å²) in [5, 5.41) is 28.2. The van der Waals surface area contributed by atoms with Crippen LogP contribution in [0.1, 0.15) is 15.9 Å². The van der Waals surface area contributed by atoms with Gasteiger partial charge < -0.3 is 20.8 Å². The minimum atomic E-state index is -1.23. The number of rotatable bonds is 8. The van der Waals surface area contributed by atoms with Crippen molar-refractivity contribution >= 4 is 74.1 Å². The summed E-state index contributed by atoms with van der Waals surface area (Å²) in [6, 6.07) is 19.9. The molecule has 2 aromatic heterocycles. The number of benzene rings is 3. The van der Waals surface area contributed by atoms with Crippen molar-refractivity contribution in [2.75, 3.05) is 10.6 Å². The Balaban J connectivity index is 1.36. The molecule has 1 atom stereocenters. The predicted octanol–water partition coefficient (Wildman–Crippen LogP) is 6.64. The first-order valence-electron chi connectivity index (χ1n) is 11.5. The number of carboxylic acids is 2. The number of aromatic carboxylic acids is 1. The molecular weight excluding hydrogens is 527 g/mol. The molecule has 1 unspecified atom stereocenters. The second-order valence-corrected chi connectivity index (χ2v) is 9.48. The van der Waals surface area contributed by atoms with Crippen molar-refractivity contribution in [1.82, 2.24) is 9.97 Å². The average Bonchev–Trinajstić information content (AvgIpc) is 2.89. The molecule has 0 amide bonds. The van der Waals surface area contributed by atoms with Crippen molar-refractivity contribution in [3.63, 3.8) is 0 Å². The Hall–Kier alpha value is -4.40. The normalized spacial score (nSPS) is 11.8. The van der Waals surface area contributed by atoms with E-state index in [4.69, 9.17) is 23.2 Å². The number of aromatic nitrogens is 2. The van der Waals surface area contributed by atoms with Gasteiger partial charge in [-0.2, -0.15) is 0 Å². The number of pyridine rings is 2. The summed E-state index contributed by atoms with van der Waals surface area (Å²) in [6.07, 6.45) is 1.80. The third-order valence-corrected chi connectivity index (χ3v) is 6.46. The molecule has 4 N–H and O–H groups in total. The van der Waals surface area contributed by atoms with Crippen LogP contribution in [0.2, 0.25) is 10.0 Å². The Morgan fingerprint density at radius 2 is 1.61 bits per heavy atom. The molecule has 0 aliphatic rings. The zero-order chi connectivity index (χ0) is 26.8. The lowest BCUT2D eigenvalue weighted by Gasteiger charge is -2.18. The van der Waals surface area contributed by atoms with Crippen molar-refractivity contribution < 1.29 is 19.8 Å². The standard InChI is InChI=1S/C28H20Cl2N4O4/c29-17-4-8-22-16(12-17)13-21(27(35)36)26(33-22)34-25(28(37)38)11-15-1-5-19(6-2-15)32-23-9-10-31-24-14-18(30)3-7-20(23)24/h1-10,12-14,25H,11H2,(H,31,32)(H,33,34)(H,35,36)(H,37,38). The Bertz CT molecular complexity index is 1690. The fourth-order valence-electron chi connectivity index (χ4n) is 4.13. The van der Waals surface area contributed by atoms with Crippen LogP contribution in [-0.2, 0) is 11.2 Å². The highest BCUT2D eigenvalue weighted by Crippen LogP contribution is 2.28. The molecule has 3 aromatic carbocycles. The maximum absolute atomic E-state index is 12.1. The van der Waals surface area contributed by atoms with Gasteiger partial charge in [-0.05, 0) is 66.2 Å². The van der Waals surface area contributed by atoms with Crippen LogP contribution in [-0.4, -0.2) is 38.2 Å². The number of carbonyl (C=O) groups is 2. The number of halogens is 2. The van der Waals surface area contributed by atoms with E-state index in [1.165, 1.54) is 6.07 Å². The fraction of sp³-hybridized carbons (Fsp3) is 0.0714. The highest BCUT2D eigenvalue weighted by Gasteiger charge is 2.22. The molecule has 2 heterocycles. The third kappa shape index (κ3) is 5.46. The van der Waals surface area contributed by atoms with Crippen molar-refractivity contribution in [3.05, 3.63) is 100 Å². The molecule has 10 heteroatoms. The minimum absolute atomic E-state index is 0.0253. The number of carboxylic acid groups (broad SMARTS) is 2. The first-order valence-corrected chi connectivity index (χ1v) is 12.3. The lowest BCUT2D eigenvalue weighted by atomic mass is 10.0. The summed E-state index contributed by atoms with van der Waals surface area (Å²) in [4.78, 5) is 32.6. The molecule has 5 rings (SSSR count). The van der Waals surface area contributed by atoms with Gasteiger partial charge in [0.2, 0.25) is 0 Å². The Morgan fingerprint density at radius 1 is 0.868 bits per heavy atom. The quantitative estimate of drug-likeness (QED) is 0.171. The largest absolute Gasteiger partial charge is 0.480 e. The number of nitrogens with zero attached hydrogens (tertiary/aromatic N) is 2. The van der Waals surface area contributed by atoms with Crippen LogP contribution < -0.4 is 10.6 Å². The molecule has 0 radical (unpaired) electrons. The lowest BCUT2D eigenvalue weighted by molar-refractivity contribution is -0.137. The first-order chi connectivity index (χ1) is 18.3. The monoisotopic (exact) mass is 546 g/mol. The van der Waals surface area contributed by atoms with E-state index < -0.39 is 18.0 Å². The summed E-state index contributed by atoms with van der Waals surface area (Å²) in [7, 11) is 0. The van der Waals surface area contributed by atoms with Crippen LogP contribution in [0.3, 0.4) is 0 Å². The fourth-order valence-corrected chi connectivity index (χ4v) is 4.48. The van der Waals surface area contributed by atoms with Crippen LogP contribution in [0, 0.1) is 0 Å². The van der Waals surface area contributed by atoms with Crippen LogP contribution in [0.15, 0.2) is 79.0 Å². The van der Waals surface area contributed by atoms with Gasteiger partial charge in [0.15, 0.2) is 0 Å². The van der Waals surface area contributed by atoms with Crippen LogP contribution in [0.4, 0.5) is 17.2 Å². The molecule has 0 saturated carbocycles. The van der Waals surface area contributed by atoms with E-state index in [-0.39, 0.29) is 17.8 Å². The summed E-state index contributed by atoms with van der Waals surface area (Å²) in [5.41, 5.74) is 3.52. The average molecular weight is 547 g/mol. The van der Waals surface area contributed by atoms with E-state index in [0.29, 0.717) is 20.9 Å². The zero-order valence-electron chi connectivity index (χ0n) is 19.7. The van der Waals surface area contributed by atoms with Crippen molar-refractivity contribution in [3.8, 4) is 0 Å². The molecule has 8 nitrogen and oxygen atoms in total. The number of hydrogen-bond donors (Lipinski definition) is 4. The Labute approximate surface area is 226 Å². The molecule has 0 aliphatic heterocycles. The lowest BCUT2D eigenvalue weighted by Crippen LogP contribution is -2.32. The second-order valence-electron chi connectivity index (χ2n) is 8.61. The number of aliphatic carboxylic acids is 1. The number of hydrogen-bond acceptors (Lipinski definition) is 6. The Kier molecular flexibility index (Phi) is 7.00. The first kappa shape index (κ1) is 25.3. The molecule has 0 bridgehead atoms. The van der Waals surface area contributed by atoms with Gasteiger partial charge in [-0.25, -0.2) is 14.6 Å².